The van der Waals surface area contributed by atoms with Crippen LogP contribution in [-0.4, -0.2) is 37.1 Å². The third-order valence-corrected chi connectivity index (χ3v) is 4.18. The molecule has 1 heterocycles. The normalized spacial score (nSPS) is 16.7. The van der Waals surface area contributed by atoms with Crippen molar-refractivity contribution in [3.63, 3.8) is 0 Å². The van der Waals surface area contributed by atoms with E-state index in [4.69, 9.17) is 4.74 Å². The monoisotopic (exact) mass is 310 g/mol. The van der Waals surface area contributed by atoms with Gasteiger partial charge in [-0.1, -0.05) is 48.5 Å². The molecule has 1 amide bonds. The molecule has 1 saturated heterocycles. The number of anilines is 1. The Labute approximate surface area is 137 Å². The molecular weight excluding hydrogens is 288 g/mol. The molecule has 1 N–H and O–H groups in total. The predicted octanol–water partition coefficient (Wildman–Crippen LogP) is 3.01. The third kappa shape index (κ3) is 3.78. The number of rotatable bonds is 4. The van der Waals surface area contributed by atoms with Crippen LogP contribution >= 0.6 is 0 Å². The van der Waals surface area contributed by atoms with Crippen LogP contribution in [0, 0.1) is 6.92 Å². The fraction of sp³-hybridized carbons (Fsp3) is 0.316. The Morgan fingerprint density at radius 1 is 1.04 bits per heavy atom. The zero-order valence-corrected chi connectivity index (χ0v) is 13.4. The number of amides is 1. The molecule has 0 bridgehead atoms. The van der Waals surface area contributed by atoms with E-state index in [1.54, 1.807) is 0 Å². The van der Waals surface area contributed by atoms with Gasteiger partial charge in [-0.05, 0) is 24.1 Å². The van der Waals surface area contributed by atoms with E-state index in [2.05, 4.69) is 10.2 Å². The van der Waals surface area contributed by atoms with Crippen molar-refractivity contribution in [2.24, 2.45) is 0 Å². The standard InChI is InChI=1S/C19H22N2O2/c1-15-7-5-6-10-17(15)20-19(22)18(16-8-3-2-4-9-16)21-11-13-23-14-12-21/h2-10,18H,11-14H2,1H3,(H,20,22). The molecule has 0 aliphatic carbocycles. The maximum atomic E-state index is 13.0. The van der Waals surface area contributed by atoms with Crippen molar-refractivity contribution < 1.29 is 9.53 Å². The summed E-state index contributed by atoms with van der Waals surface area (Å²) in [5.74, 6) is 0.00685. The Kier molecular flexibility index (Phi) is 5.05. The molecule has 1 atom stereocenters. The minimum Gasteiger partial charge on any atom is -0.379 e. The fourth-order valence-electron chi connectivity index (χ4n) is 2.91. The van der Waals surface area contributed by atoms with Gasteiger partial charge in [-0.3, -0.25) is 9.69 Å². The van der Waals surface area contributed by atoms with E-state index in [0.29, 0.717) is 13.2 Å². The number of morpholine rings is 1. The largest absolute Gasteiger partial charge is 0.379 e. The molecule has 1 unspecified atom stereocenters. The third-order valence-electron chi connectivity index (χ3n) is 4.18. The van der Waals surface area contributed by atoms with Gasteiger partial charge >= 0.3 is 0 Å². The van der Waals surface area contributed by atoms with Gasteiger partial charge in [0.2, 0.25) is 5.91 Å². The van der Waals surface area contributed by atoms with Gasteiger partial charge in [-0.25, -0.2) is 0 Å². The molecule has 4 nitrogen and oxygen atoms in total. The number of carbonyl (C=O) groups is 1. The Hall–Kier alpha value is -2.17. The topological polar surface area (TPSA) is 41.6 Å². The molecule has 0 radical (unpaired) electrons. The summed E-state index contributed by atoms with van der Waals surface area (Å²) in [4.78, 5) is 15.2. The molecule has 1 fully saturated rings. The zero-order chi connectivity index (χ0) is 16.1. The molecule has 120 valence electrons. The Bertz CT molecular complexity index is 651. The summed E-state index contributed by atoms with van der Waals surface area (Å²) in [6, 6.07) is 17.5. The summed E-state index contributed by atoms with van der Waals surface area (Å²) in [7, 11) is 0. The minimum absolute atomic E-state index is 0.00685. The number of carbonyl (C=O) groups excluding carboxylic acids is 1. The number of hydrogen-bond acceptors (Lipinski definition) is 3. The van der Waals surface area contributed by atoms with Crippen molar-refractivity contribution in [2.75, 3.05) is 31.6 Å². The molecule has 23 heavy (non-hydrogen) atoms. The van der Waals surface area contributed by atoms with Crippen molar-refractivity contribution in [2.45, 2.75) is 13.0 Å². The number of para-hydroxylation sites is 1. The van der Waals surface area contributed by atoms with Crippen LogP contribution in [-0.2, 0) is 9.53 Å². The van der Waals surface area contributed by atoms with Gasteiger partial charge in [0.25, 0.3) is 0 Å². The van der Waals surface area contributed by atoms with Gasteiger partial charge in [-0.2, -0.15) is 0 Å². The summed E-state index contributed by atoms with van der Waals surface area (Å²) in [6.07, 6.45) is 0. The van der Waals surface area contributed by atoms with Crippen molar-refractivity contribution in [3.05, 3.63) is 65.7 Å². The SMILES string of the molecule is Cc1ccccc1NC(=O)C(c1ccccc1)N1CCOCC1. The van der Waals surface area contributed by atoms with E-state index < -0.39 is 0 Å². The predicted molar refractivity (Wildman–Crippen MR) is 91.4 cm³/mol. The van der Waals surface area contributed by atoms with Crippen LogP contribution in [0.5, 0.6) is 0 Å². The highest BCUT2D eigenvalue weighted by molar-refractivity contribution is 5.96. The van der Waals surface area contributed by atoms with Crippen molar-refractivity contribution in [1.82, 2.24) is 4.90 Å². The van der Waals surface area contributed by atoms with Crippen LogP contribution in [0.4, 0.5) is 5.69 Å². The summed E-state index contributed by atoms with van der Waals surface area (Å²) in [5.41, 5.74) is 2.95. The summed E-state index contributed by atoms with van der Waals surface area (Å²) in [6.45, 7) is 4.87. The van der Waals surface area contributed by atoms with Gasteiger partial charge in [0.15, 0.2) is 0 Å². The average molecular weight is 310 g/mol. The maximum Gasteiger partial charge on any atom is 0.246 e. The molecule has 2 aromatic carbocycles. The lowest BCUT2D eigenvalue weighted by Gasteiger charge is -2.33. The van der Waals surface area contributed by atoms with E-state index in [1.807, 2.05) is 61.5 Å². The average Bonchev–Trinajstić information content (AvgIpc) is 2.59. The van der Waals surface area contributed by atoms with Crippen LogP contribution in [0.3, 0.4) is 0 Å². The Morgan fingerprint density at radius 3 is 2.39 bits per heavy atom. The number of nitrogens with zero attached hydrogens (tertiary/aromatic N) is 1. The highest BCUT2D eigenvalue weighted by atomic mass is 16.5. The zero-order valence-electron chi connectivity index (χ0n) is 13.4. The summed E-state index contributed by atoms with van der Waals surface area (Å²) >= 11 is 0. The van der Waals surface area contributed by atoms with Gasteiger partial charge in [0.05, 0.1) is 13.2 Å². The second kappa shape index (κ2) is 7.40. The van der Waals surface area contributed by atoms with Crippen LogP contribution in [0.1, 0.15) is 17.2 Å². The smallest absolute Gasteiger partial charge is 0.246 e. The van der Waals surface area contributed by atoms with E-state index >= 15 is 0 Å². The number of benzene rings is 2. The van der Waals surface area contributed by atoms with Crippen LogP contribution in [0.15, 0.2) is 54.6 Å². The van der Waals surface area contributed by atoms with Crippen molar-refractivity contribution in [3.8, 4) is 0 Å². The lowest BCUT2D eigenvalue weighted by atomic mass is 10.0. The van der Waals surface area contributed by atoms with E-state index in [0.717, 1.165) is 29.9 Å². The first kappa shape index (κ1) is 15.7. The molecule has 0 spiro atoms. The van der Waals surface area contributed by atoms with Gasteiger partial charge in [0.1, 0.15) is 6.04 Å². The lowest BCUT2D eigenvalue weighted by molar-refractivity contribution is -0.123. The Morgan fingerprint density at radius 2 is 1.70 bits per heavy atom. The van der Waals surface area contributed by atoms with Gasteiger partial charge in [0, 0.05) is 18.8 Å². The Balaban J connectivity index is 1.85. The first-order valence-corrected chi connectivity index (χ1v) is 7.99. The van der Waals surface area contributed by atoms with Crippen LogP contribution in [0.25, 0.3) is 0 Å². The van der Waals surface area contributed by atoms with Crippen molar-refractivity contribution in [1.29, 1.82) is 0 Å². The molecule has 3 rings (SSSR count). The van der Waals surface area contributed by atoms with E-state index in [9.17, 15) is 4.79 Å². The van der Waals surface area contributed by atoms with Crippen molar-refractivity contribution >= 4 is 11.6 Å². The summed E-state index contributed by atoms with van der Waals surface area (Å²) in [5, 5.41) is 3.08. The molecular formula is C19H22N2O2. The molecule has 0 aromatic heterocycles. The first-order valence-electron chi connectivity index (χ1n) is 7.99. The quantitative estimate of drug-likeness (QED) is 0.944. The number of ether oxygens (including phenoxy) is 1. The number of hydrogen-bond donors (Lipinski definition) is 1. The molecule has 2 aromatic rings. The van der Waals surface area contributed by atoms with Gasteiger partial charge < -0.3 is 10.1 Å². The summed E-state index contributed by atoms with van der Waals surface area (Å²) < 4.78 is 5.43. The highest BCUT2D eigenvalue weighted by Crippen LogP contribution is 2.24. The maximum absolute atomic E-state index is 13.0. The molecule has 1 aliphatic rings. The molecule has 4 heteroatoms. The van der Waals surface area contributed by atoms with E-state index in [1.165, 1.54) is 0 Å². The number of aryl methyl sites for hydroxylation is 1. The first-order chi connectivity index (χ1) is 11.3. The second-order valence-corrected chi connectivity index (χ2v) is 5.77. The number of nitrogens with one attached hydrogen (secondary N) is 1. The molecule has 0 saturated carbocycles. The van der Waals surface area contributed by atoms with Crippen LogP contribution in [0.2, 0.25) is 0 Å². The van der Waals surface area contributed by atoms with Gasteiger partial charge in [-0.15, -0.1) is 0 Å². The lowest BCUT2D eigenvalue weighted by Crippen LogP contribution is -2.43. The van der Waals surface area contributed by atoms with E-state index in [-0.39, 0.29) is 11.9 Å². The fourth-order valence-corrected chi connectivity index (χ4v) is 2.91. The highest BCUT2D eigenvalue weighted by Gasteiger charge is 2.29. The minimum atomic E-state index is -0.292. The molecule has 1 aliphatic heterocycles. The van der Waals surface area contributed by atoms with Crippen LogP contribution < -0.4 is 5.32 Å². The second-order valence-electron chi connectivity index (χ2n) is 5.77.